The van der Waals surface area contributed by atoms with Crippen molar-refractivity contribution in [2.75, 3.05) is 12.4 Å². The summed E-state index contributed by atoms with van der Waals surface area (Å²) in [6.45, 7) is 6.57. The molecule has 2 aromatic heterocycles. The molecular weight excluding hydrogens is 188 g/mol. The topological polar surface area (TPSA) is 42.2 Å². The molecule has 4 heteroatoms. The Bertz CT molecular complexity index is 479. The summed E-state index contributed by atoms with van der Waals surface area (Å²) in [4.78, 5) is 4.35. The van der Waals surface area contributed by atoms with Crippen LogP contribution in [0.25, 0.3) is 5.65 Å². The quantitative estimate of drug-likeness (QED) is 0.773. The molecule has 0 unspecified atom stereocenters. The molecule has 0 fully saturated rings. The standard InChI is InChI=1S/C11H16N4/c1-11(2,3)8-5-6-15-9(7-8)13-10(12-4)14-15/h5-7H,1-4H3,(H,12,14). The van der Waals surface area contributed by atoms with Crippen molar-refractivity contribution in [1.29, 1.82) is 0 Å². The Morgan fingerprint density at radius 2 is 2.07 bits per heavy atom. The van der Waals surface area contributed by atoms with E-state index in [2.05, 4.69) is 48.3 Å². The molecule has 4 nitrogen and oxygen atoms in total. The lowest BCUT2D eigenvalue weighted by Crippen LogP contribution is -2.11. The van der Waals surface area contributed by atoms with Crippen molar-refractivity contribution in [3.05, 3.63) is 23.9 Å². The second-order valence-corrected chi connectivity index (χ2v) is 4.65. The summed E-state index contributed by atoms with van der Waals surface area (Å²) in [5.74, 6) is 0.654. The summed E-state index contributed by atoms with van der Waals surface area (Å²) < 4.78 is 1.78. The van der Waals surface area contributed by atoms with Crippen molar-refractivity contribution in [2.24, 2.45) is 0 Å². The van der Waals surface area contributed by atoms with Gasteiger partial charge in [0.15, 0.2) is 5.65 Å². The second kappa shape index (κ2) is 3.22. The molecule has 2 rings (SSSR count). The van der Waals surface area contributed by atoms with Gasteiger partial charge in [-0.25, -0.2) is 4.52 Å². The lowest BCUT2D eigenvalue weighted by Gasteiger charge is -2.18. The van der Waals surface area contributed by atoms with Crippen LogP contribution in [0, 0.1) is 0 Å². The van der Waals surface area contributed by atoms with Crippen LogP contribution in [0.3, 0.4) is 0 Å². The summed E-state index contributed by atoms with van der Waals surface area (Å²) in [7, 11) is 1.82. The molecule has 0 aliphatic carbocycles. The third kappa shape index (κ3) is 1.79. The SMILES string of the molecule is CNc1nc2cc(C(C)(C)C)ccn2n1. The fourth-order valence-corrected chi connectivity index (χ4v) is 1.45. The molecule has 0 aromatic carbocycles. The number of hydrogen-bond donors (Lipinski definition) is 1. The van der Waals surface area contributed by atoms with Crippen molar-refractivity contribution in [3.63, 3.8) is 0 Å². The maximum Gasteiger partial charge on any atom is 0.242 e. The van der Waals surface area contributed by atoms with Crippen molar-refractivity contribution < 1.29 is 0 Å². The van der Waals surface area contributed by atoms with E-state index in [0.29, 0.717) is 5.95 Å². The van der Waals surface area contributed by atoms with Crippen molar-refractivity contribution >= 4 is 11.6 Å². The zero-order chi connectivity index (χ0) is 11.1. The Hall–Kier alpha value is -1.58. The Morgan fingerprint density at radius 3 is 2.67 bits per heavy atom. The molecule has 80 valence electrons. The van der Waals surface area contributed by atoms with Gasteiger partial charge in [0.05, 0.1) is 0 Å². The number of pyridine rings is 1. The van der Waals surface area contributed by atoms with Gasteiger partial charge in [-0.15, -0.1) is 5.10 Å². The summed E-state index contributed by atoms with van der Waals surface area (Å²) in [6.07, 6.45) is 1.95. The molecule has 0 aliphatic heterocycles. The predicted octanol–water partition coefficient (Wildman–Crippen LogP) is 2.07. The number of anilines is 1. The van der Waals surface area contributed by atoms with Gasteiger partial charge in [0.1, 0.15) is 0 Å². The number of rotatable bonds is 1. The van der Waals surface area contributed by atoms with Crippen LogP contribution >= 0.6 is 0 Å². The highest BCUT2D eigenvalue weighted by atomic mass is 15.3. The molecule has 0 spiro atoms. The van der Waals surface area contributed by atoms with Crippen LogP contribution in [0.1, 0.15) is 26.3 Å². The average molecular weight is 204 g/mol. The van der Waals surface area contributed by atoms with Crippen LogP contribution in [0.2, 0.25) is 0 Å². The van der Waals surface area contributed by atoms with Crippen molar-refractivity contribution in [2.45, 2.75) is 26.2 Å². The first-order valence-corrected chi connectivity index (χ1v) is 5.05. The minimum atomic E-state index is 0.146. The first-order valence-electron chi connectivity index (χ1n) is 5.05. The first-order chi connectivity index (χ1) is 7.00. The molecule has 0 bridgehead atoms. The van der Waals surface area contributed by atoms with Gasteiger partial charge in [0.25, 0.3) is 0 Å². The van der Waals surface area contributed by atoms with Crippen molar-refractivity contribution in [3.8, 4) is 0 Å². The van der Waals surface area contributed by atoms with E-state index >= 15 is 0 Å². The van der Waals surface area contributed by atoms with Gasteiger partial charge >= 0.3 is 0 Å². The van der Waals surface area contributed by atoms with Crippen LogP contribution in [0.5, 0.6) is 0 Å². The molecule has 15 heavy (non-hydrogen) atoms. The molecule has 0 saturated heterocycles. The monoisotopic (exact) mass is 204 g/mol. The van der Waals surface area contributed by atoms with E-state index in [-0.39, 0.29) is 5.41 Å². The summed E-state index contributed by atoms with van der Waals surface area (Å²) >= 11 is 0. The van der Waals surface area contributed by atoms with E-state index in [1.165, 1.54) is 5.56 Å². The second-order valence-electron chi connectivity index (χ2n) is 4.65. The van der Waals surface area contributed by atoms with Crippen LogP contribution in [-0.2, 0) is 5.41 Å². The van der Waals surface area contributed by atoms with Crippen LogP contribution in [0.15, 0.2) is 18.3 Å². The Kier molecular flexibility index (Phi) is 2.14. The molecule has 2 heterocycles. The van der Waals surface area contributed by atoms with E-state index in [0.717, 1.165) is 5.65 Å². The van der Waals surface area contributed by atoms with E-state index < -0.39 is 0 Å². The Labute approximate surface area is 89.3 Å². The van der Waals surface area contributed by atoms with Gasteiger partial charge in [-0.3, -0.25) is 0 Å². The third-order valence-electron chi connectivity index (χ3n) is 2.43. The van der Waals surface area contributed by atoms with E-state index in [1.54, 1.807) is 4.52 Å². The summed E-state index contributed by atoms with van der Waals surface area (Å²) in [6, 6.07) is 4.16. The zero-order valence-corrected chi connectivity index (χ0v) is 9.57. The highest BCUT2D eigenvalue weighted by Crippen LogP contribution is 2.22. The smallest absolute Gasteiger partial charge is 0.242 e. The number of nitrogens with one attached hydrogen (secondary N) is 1. The van der Waals surface area contributed by atoms with Crippen molar-refractivity contribution in [1.82, 2.24) is 14.6 Å². The molecule has 0 saturated carbocycles. The largest absolute Gasteiger partial charge is 0.356 e. The van der Waals surface area contributed by atoms with Crippen LogP contribution < -0.4 is 5.32 Å². The van der Waals surface area contributed by atoms with E-state index in [9.17, 15) is 0 Å². The minimum absolute atomic E-state index is 0.146. The highest BCUT2D eigenvalue weighted by molar-refractivity contribution is 5.46. The Morgan fingerprint density at radius 1 is 1.33 bits per heavy atom. The van der Waals surface area contributed by atoms with E-state index in [4.69, 9.17) is 0 Å². The van der Waals surface area contributed by atoms with Crippen LogP contribution in [-0.4, -0.2) is 21.6 Å². The van der Waals surface area contributed by atoms with Gasteiger partial charge in [0.2, 0.25) is 5.95 Å². The number of nitrogens with zero attached hydrogens (tertiary/aromatic N) is 3. The lowest BCUT2D eigenvalue weighted by atomic mass is 9.88. The molecule has 0 aliphatic rings. The maximum atomic E-state index is 4.35. The summed E-state index contributed by atoms with van der Waals surface area (Å²) in [5.41, 5.74) is 2.30. The molecule has 0 amide bonds. The van der Waals surface area contributed by atoms with E-state index in [1.807, 2.05) is 13.2 Å². The maximum absolute atomic E-state index is 4.35. The van der Waals surface area contributed by atoms with Crippen LogP contribution in [0.4, 0.5) is 5.95 Å². The van der Waals surface area contributed by atoms with Gasteiger partial charge in [-0.2, -0.15) is 4.98 Å². The molecule has 2 aromatic rings. The normalized spacial score (nSPS) is 12.0. The lowest BCUT2D eigenvalue weighted by molar-refractivity contribution is 0.589. The summed E-state index contributed by atoms with van der Waals surface area (Å²) in [5, 5.41) is 7.18. The third-order valence-corrected chi connectivity index (χ3v) is 2.43. The number of fused-ring (bicyclic) bond motifs is 1. The fraction of sp³-hybridized carbons (Fsp3) is 0.455. The zero-order valence-electron chi connectivity index (χ0n) is 9.57. The minimum Gasteiger partial charge on any atom is -0.356 e. The first kappa shape index (κ1) is 9.96. The molecular formula is C11H16N4. The highest BCUT2D eigenvalue weighted by Gasteiger charge is 2.14. The predicted molar refractivity (Wildman–Crippen MR) is 61.2 cm³/mol. The molecule has 0 atom stereocenters. The van der Waals surface area contributed by atoms with Gasteiger partial charge in [-0.05, 0) is 23.1 Å². The van der Waals surface area contributed by atoms with Gasteiger partial charge in [-0.1, -0.05) is 20.8 Å². The molecule has 1 N–H and O–H groups in total. The fourth-order valence-electron chi connectivity index (χ4n) is 1.45. The number of aromatic nitrogens is 3. The van der Waals surface area contributed by atoms with Gasteiger partial charge in [0, 0.05) is 13.2 Å². The Balaban J connectivity index is 2.55. The average Bonchev–Trinajstić information content (AvgIpc) is 2.57. The van der Waals surface area contributed by atoms with Gasteiger partial charge < -0.3 is 5.32 Å². The molecule has 0 radical (unpaired) electrons. The number of hydrogen-bond acceptors (Lipinski definition) is 3.